The van der Waals surface area contributed by atoms with Gasteiger partial charge in [-0.25, -0.2) is 4.79 Å². The van der Waals surface area contributed by atoms with Crippen LogP contribution in [0.3, 0.4) is 0 Å². The van der Waals surface area contributed by atoms with Gasteiger partial charge in [0.2, 0.25) is 0 Å². The summed E-state index contributed by atoms with van der Waals surface area (Å²) < 4.78 is 0. The number of aliphatic carboxylic acids is 1. The van der Waals surface area contributed by atoms with Crippen LogP contribution in [-0.2, 0) is 4.79 Å². The number of aromatic amines is 1. The highest BCUT2D eigenvalue weighted by atomic mass is 16.6. The summed E-state index contributed by atoms with van der Waals surface area (Å²) in [5.74, 6) is -1.72. The summed E-state index contributed by atoms with van der Waals surface area (Å²) in [6, 6.07) is 0.118. The molecule has 0 saturated heterocycles. The minimum absolute atomic E-state index is 0.0103. The van der Waals surface area contributed by atoms with Gasteiger partial charge in [0.25, 0.3) is 11.6 Å². The maximum Gasteiger partial charge on any atom is 0.326 e. The highest BCUT2D eigenvalue weighted by Gasteiger charge is 2.27. The molecule has 1 heterocycles. The first-order valence-corrected chi connectivity index (χ1v) is 5.21. The molecule has 1 aromatic heterocycles. The fourth-order valence-corrected chi connectivity index (χ4v) is 1.56. The molecule has 0 bridgehead atoms. The highest BCUT2D eigenvalue weighted by Crippen LogP contribution is 2.15. The molecule has 0 radical (unpaired) electrons. The largest absolute Gasteiger partial charge is 0.480 e. The first kappa shape index (κ1) is 13.7. The number of hydrogen-bond acceptors (Lipinski definition) is 4. The van der Waals surface area contributed by atoms with E-state index in [0.717, 1.165) is 17.2 Å². The molecular weight excluding hydrogens is 242 g/mol. The molecule has 8 heteroatoms. The lowest BCUT2D eigenvalue weighted by molar-refractivity contribution is -0.384. The zero-order chi connectivity index (χ0) is 13.9. The van der Waals surface area contributed by atoms with Crippen LogP contribution in [0.4, 0.5) is 5.69 Å². The molecule has 8 nitrogen and oxygen atoms in total. The second kappa shape index (κ2) is 5.30. The van der Waals surface area contributed by atoms with E-state index in [1.165, 1.54) is 7.05 Å². The third kappa shape index (κ3) is 2.65. The number of aromatic nitrogens is 1. The number of carboxylic acids is 1. The van der Waals surface area contributed by atoms with E-state index < -0.39 is 22.8 Å². The van der Waals surface area contributed by atoms with Gasteiger partial charge in [-0.15, -0.1) is 0 Å². The van der Waals surface area contributed by atoms with Gasteiger partial charge < -0.3 is 15.0 Å². The van der Waals surface area contributed by atoms with Gasteiger partial charge in [0, 0.05) is 13.1 Å². The Kier molecular flexibility index (Phi) is 4.03. The van der Waals surface area contributed by atoms with Gasteiger partial charge in [-0.1, -0.05) is 6.92 Å². The van der Waals surface area contributed by atoms with Crippen molar-refractivity contribution >= 4 is 17.6 Å². The summed E-state index contributed by atoms with van der Waals surface area (Å²) in [6.45, 7) is 1.64. The third-order valence-corrected chi connectivity index (χ3v) is 2.57. The van der Waals surface area contributed by atoms with Crippen molar-refractivity contribution in [1.82, 2.24) is 9.88 Å². The Bertz CT molecular complexity index is 482. The van der Waals surface area contributed by atoms with E-state index in [4.69, 9.17) is 5.11 Å². The van der Waals surface area contributed by atoms with Crippen molar-refractivity contribution in [3.63, 3.8) is 0 Å². The number of amides is 1. The summed E-state index contributed by atoms with van der Waals surface area (Å²) in [6.07, 6.45) is 1.34. The van der Waals surface area contributed by atoms with Gasteiger partial charge in [0.1, 0.15) is 11.7 Å². The zero-order valence-corrected chi connectivity index (χ0v) is 9.91. The number of carbonyl (C=O) groups is 2. The topological polar surface area (TPSA) is 117 Å². The first-order chi connectivity index (χ1) is 8.38. The molecule has 1 rings (SSSR count). The standard InChI is InChI=1S/C10H13N3O5/c1-3-8(10(15)16)12(2)9(14)7-4-6(5-11-7)13(17)18/h4-5,8,11H,3H2,1-2H3,(H,15,16). The minimum Gasteiger partial charge on any atom is -0.480 e. The Morgan fingerprint density at radius 1 is 1.61 bits per heavy atom. The van der Waals surface area contributed by atoms with Crippen LogP contribution in [0, 0.1) is 10.1 Å². The van der Waals surface area contributed by atoms with Crippen molar-refractivity contribution in [2.24, 2.45) is 0 Å². The first-order valence-electron chi connectivity index (χ1n) is 5.21. The fraction of sp³-hybridized carbons (Fsp3) is 0.400. The van der Waals surface area contributed by atoms with E-state index in [2.05, 4.69) is 4.98 Å². The molecule has 1 atom stereocenters. The van der Waals surface area contributed by atoms with Crippen molar-refractivity contribution in [1.29, 1.82) is 0 Å². The summed E-state index contributed by atoms with van der Waals surface area (Å²) in [5, 5.41) is 19.4. The Labute approximate surface area is 102 Å². The van der Waals surface area contributed by atoms with Crippen LogP contribution in [-0.4, -0.2) is 44.9 Å². The molecule has 0 fully saturated rings. The molecule has 0 saturated carbocycles. The molecule has 1 amide bonds. The van der Waals surface area contributed by atoms with E-state index in [1.54, 1.807) is 6.92 Å². The number of nitrogens with zero attached hydrogens (tertiary/aromatic N) is 2. The average Bonchev–Trinajstić information content (AvgIpc) is 2.77. The normalized spacial score (nSPS) is 11.9. The molecule has 98 valence electrons. The SMILES string of the molecule is CCC(C(=O)O)N(C)C(=O)c1cc([N+](=O)[O-])c[nH]1. The maximum absolute atomic E-state index is 11.9. The average molecular weight is 255 g/mol. The van der Waals surface area contributed by atoms with E-state index in [-0.39, 0.29) is 17.8 Å². The van der Waals surface area contributed by atoms with Gasteiger partial charge in [-0.2, -0.15) is 0 Å². The molecule has 0 aromatic carbocycles. The lowest BCUT2D eigenvalue weighted by Crippen LogP contribution is -2.42. The second-order valence-electron chi connectivity index (χ2n) is 3.71. The fourth-order valence-electron chi connectivity index (χ4n) is 1.56. The van der Waals surface area contributed by atoms with Gasteiger partial charge in [-0.05, 0) is 6.42 Å². The predicted molar refractivity (Wildman–Crippen MR) is 61.3 cm³/mol. The number of likely N-dealkylation sites (N-methyl/N-ethyl adjacent to an activating group) is 1. The van der Waals surface area contributed by atoms with Crippen molar-refractivity contribution in [2.75, 3.05) is 7.05 Å². The van der Waals surface area contributed by atoms with Crippen molar-refractivity contribution in [3.8, 4) is 0 Å². The third-order valence-electron chi connectivity index (χ3n) is 2.57. The number of nitrogens with one attached hydrogen (secondary N) is 1. The van der Waals surface area contributed by atoms with Gasteiger partial charge in [0.05, 0.1) is 11.1 Å². The summed E-state index contributed by atoms with van der Waals surface area (Å²) in [7, 11) is 1.34. The molecular formula is C10H13N3O5. The van der Waals surface area contributed by atoms with Crippen molar-refractivity contribution in [2.45, 2.75) is 19.4 Å². The summed E-state index contributed by atoms with van der Waals surface area (Å²) in [5.41, 5.74) is -0.251. The monoisotopic (exact) mass is 255 g/mol. The van der Waals surface area contributed by atoms with E-state index in [1.807, 2.05) is 0 Å². The van der Waals surface area contributed by atoms with Crippen molar-refractivity contribution < 1.29 is 19.6 Å². The molecule has 0 aliphatic carbocycles. The van der Waals surface area contributed by atoms with E-state index in [9.17, 15) is 19.7 Å². The van der Waals surface area contributed by atoms with Crippen LogP contribution in [0.1, 0.15) is 23.8 Å². The molecule has 0 aliphatic heterocycles. The quantitative estimate of drug-likeness (QED) is 0.597. The molecule has 1 unspecified atom stereocenters. The summed E-state index contributed by atoms with van der Waals surface area (Å²) in [4.78, 5) is 36.1. The van der Waals surface area contributed by atoms with Crippen LogP contribution in [0.25, 0.3) is 0 Å². The second-order valence-corrected chi connectivity index (χ2v) is 3.71. The van der Waals surface area contributed by atoms with Crippen LogP contribution < -0.4 is 0 Å². The number of carboxylic acid groups (broad SMARTS) is 1. The van der Waals surface area contributed by atoms with Gasteiger partial charge >= 0.3 is 5.97 Å². The Morgan fingerprint density at radius 3 is 2.61 bits per heavy atom. The Morgan fingerprint density at radius 2 is 2.22 bits per heavy atom. The lowest BCUT2D eigenvalue weighted by Gasteiger charge is -2.22. The molecule has 1 aromatic rings. The number of hydrogen-bond donors (Lipinski definition) is 2. The summed E-state index contributed by atoms with van der Waals surface area (Å²) >= 11 is 0. The Balaban J connectivity index is 2.91. The zero-order valence-electron chi connectivity index (χ0n) is 9.91. The molecule has 18 heavy (non-hydrogen) atoms. The molecule has 0 spiro atoms. The smallest absolute Gasteiger partial charge is 0.326 e. The van der Waals surface area contributed by atoms with Crippen LogP contribution >= 0.6 is 0 Å². The number of rotatable bonds is 5. The predicted octanol–water partition coefficient (Wildman–Crippen LogP) is 0.858. The van der Waals surface area contributed by atoms with Crippen molar-refractivity contribution in [3.05, 3.63) is 28.1 Å². The molecule has 2 N–H and O–H groups in total. The lowest BCUT2D eigenvalue weighted by atomic mass is 10.2. The van der Waals surface area contributed by atoms with Crippen LogP contribution in [0.5, 0.6) is 0 Å². The Hall–Kier alpha value is -2.38. The number of carbonyl (C=O) groups excluding carboxylic acids is 1. The molecule has 0 aliphatic rings. The number of H-pyrrole nitrogens is 1. The minimum atomic E-state index is -1.12. The maximum atomic E-state index is 11.9. The highest BCUT2D eigenvalue weighted by molar-refractivity contribution is 5.95. The van der Waals surface area contributed by atoms with E-state index in [0.29, 0.717) is 0 Å². The van der Waals surface area contributed by atoms with Gasteiger partial charge in [-0.3, -0.25) is 14.9 Å². The van der Waals surface area contributed by atoms with E-state index >= 15 is 0 Å². The van der Waals surface area contributed by atoms with Crippen LogP contribution in [0.15, 0.2) is 12.3 Å². The number of nitro groups is 1. The van der Waals surface area contributed by atoms with Gasteiger partial charge in [0.15, 0.2) is 0 Å². The van der Waals surface area contributed by atoms with Crippen LogP contribution in [0.2, 0.25) is 0 Å².